The highest BCUT2D eigenvalue weighted by Crippen LogP contribution is 2.29. The molecule has 0 aliphatic heterocycles. The molecule has 0 unspecified atom stereocenters. The average molecular weight is 361 g/mol. The van der Waals surface area contributed by atoms with Crippen LogP contribution in [0, 0.1) is 13.8 Å². The fourth-order valence-corrected chi connectivity index (χ4v) is 3.13. The maximum Gasteiger partial charge on any atom is 0.291 e. The lowest BCUT2D eigenvalue weighted by Gasteiger charge is -2.11. The third-order valence-electron chi connectivity index (χ3n) is 4.34. The van der Waals surface area contributed by atoms with Gasteiger partial charge in [-0.05, 0) is 44.2 Å². The molecule has 0 radical (unpaired) electrons. The summed E-state index contributed by atoms with van der Waals surface area (Å²) in [5.74, 6) is 0.481. The maximum atomic E-state index is 12.8. The van der Waals surface area contributed by atoms with Crippen LogP contribution < -0.4 is 10.1 Å². The minimum Gasteiger partial charge on any atom is -0.493 e. The van der Waals surface area contributed by atoms with E-state index in [4.69, 9.17) is 9.15 Å². The first-order valence-corrected chi connectivity index (χ1v) is 8.57. The highest BCUT2D eigenvalue weighted by Gasteiger charge is 2.17. The number of carbonyl (C=O) groups excluding carboxylic acids is 1. The molecule has 0 bridgehead atoms. The van der Waals surface area contributed by atoms with Crippen LogP contribution in [0.15, 0.2) is 59.0 Å². The molecular formula is C21H19N3O3. The van der Waals surface area contributed by atoms with E-state index >= 15 is 0 Å². The summed E-state index contributed by atoms with van der Waals surface area (Å²) >= 11 is 0. The molecule has 136 valence electrons. The zero-order valence-corrected chi connectivity index (χ0v) is 15.3. The largest absolute Gasteiger partial charge is 0.493 e. The number of aryl methyl sites for hydroxylation is 2. The molecule has 4 rings (SSSR count). The Hall–Kier alpha value is -3.54. The number of hydrogen-bond acceptors (Lipinski definition) is 4. The van der Waals surface area contributed by atoms with Crippen LogP contribution in [-0.4, -0.2) is 22.8 Å². The van der Waals surface area contributed by atoms with Crippen molar-refractivity contribution in [1.29, 1.82) is 0 Å². The molecule has 6 heteroatoms. The van der Waals surface area contributed by atoms with E-state index in [-0.39, 0.29) is 11.7 Å². The van der Waals surface area contributed by atoms with E-state index in [1.807, 2.05) is 61.0 Å². The molecule has 1 amide bonds. The Morgan fingerprint density at radius 1 is 1.11 bits per heavy atom. The molecule has 6 nitrogen and oxygen atoms in total. The van der Waals surface area contributed by atoms with Crippen molar-refractivity contribution in [2.75, 3.05) is 12.4 Å². The maximum absolute atomic E-state index is 12.8. The van der Waals surface area contributed by atoms with E-state index in [0.29, 0.717) is 17.0 Å². The number of ether oxygens (including phenoxy) is 1. The van der Waals surface area contributed by atoms with Crippen LogP contribution in [0.5, 0.6) is 5.75 Å². The van der Waals surface area contributed by atoms with Gasteiger partial charge in [0.15, 0.2) is 17.1 Å². The second-order valence-electron chi connectivity index (χ2n) is 6.30. The van der Waals surface area contributed by atoms with Crippen molar-refractivity contribution in [2.45, 2.75) is 13.8 Å². The van der Waals surface area contributed by atoms with E-state index in [9.17, 15) is 4.79 Å². The third-order valence-corrected chi connectivity index (χ3v) is 4.34. The highest BCUT2D eigenvalue weighted by atomic mass is 16.5. The third kappa shape index (κ3) is 3.06. The van der Waals surface area contributed by atoms with Gasteiger partial charge in [-0.1, -0.05) is 24.3 Å². The Balaban J connectivity index is 1.69. The number of nitrogens with zero attached hydrogens (tertiary/aromatic N) is 2. The van der Waals surface area contributed by atoms with E-state index in [1.54, 1.807) is 19.2 Å². The molecule has 0 saturated heterocycles. The summed E-state index contributed by atoms with van der Waals surface area (Å²) in [6.07, 6.45) is 0. The Morgan fingerprint density at radius 3 is 2.67 bits per heavy atom. The summed E-state index contributed by atoms with van der Waals surface area (Å²) in [7, 11) is 1.57. The lowest BCUT2D eigenvalue weighted by molar-refractivity contribution is 0.0998. The summed E-state index contributed by atoms with van der Waals surface area (Å²) in [4.78, 5) is 12.8. The van der Waals surface area contributed by atoms with Gasteiger partial charge in [-0.2, -0.15) is 5.10 Å². The van der Waals surface area contributed by atoms with Crippen LogP contribution in [0.3, 0.4) is 0 Å². The van der Waals surface area contributed by atoms with Crippen LogP contribution in [0.2, 0.25) is 0 Å². The van der Waals surface area contributed by atoms with Crippen LogP contribution in [0.25, 0.3) is 16.7 Å². The van der Waals surface area contributed by atoms with Crippen molar-refractivity contribution < 1.29 is 13.9 Å². The molecule has 0 aliphatic rings. The Morgan fingerprint density at radius 2 is 1.93 bits per heavy atom. The van der Waals surface area contributed by atoms with Gasteiger partial charge in [0.05, 0.1) is 24.2 Å². The van der Waals surface area contributed by atoms with Gasteiger partial charge in [-0.25, -0.2) is 4.68 Å². The molecule has 27 heavy (non-hydrogen) atoms. The number of rotatable bonds is 4. The number of methoxy groups -OCH3 is 1. The molecular weight excluding hydrogens is 342 g/mol. The van der Waals surface area contributed by atoms with Gasteiger partial charge >= 0.3 is 0 Å². The normalized spacial score (nSPS) is 10.9. The fourth-order valence-electron chi connectivity index (χ4n) is 3.13. The quantitative estimate of drug-likeness (QED) is 0.581. The SMILES string of the molecule is COc1cccc2cc(C(=O)Nc3ccccc3-n3nc(C)cc3C)oc12. The topological polar surface area (TPSA) is 69.3 Å². The summed E-state index contributed by atoms with van der Waals surface area (Å²) in [5, 5.41) is 8.24. The average Bonchev–Trinajstić information content (AvgIpc) is 3.24. The summed E-state index contributed by atoms with van der Waals surface area (Å²) in [6.45, 7) is 3.91. The van der Waals surface area contributed by atoms with Crippen molar-refractivity contribution in [3.05, 3.63) is 71.7 Å². The predicted molar refractivity (Wildman–Crippen MR) is 104 cm³/mol. The fraction of sp³-hybridized carbons (Fsp3) is 0.143. The first-order chi connectivity index (χ1) is 13.1. The van der Waals surface area contributed by atoms with Gasteiger partial charge in [0.1, 0.15) is 0 Å². The van der Waals surface area contributed by atoms with Crippen LogP contribution >= 0.6 is 0 Å². The highest BCUT2D eigenvalue weighted by molar-refractivity contribution is 6.06. The Kier molecular flexibility index (Phi) is 4.16. The molecule has 2 heterocycles. The smallest absolute Gasteiger partial charge is 0.291 e. The summed E-state index contributed by atoms with van der Waals surface area (Å²) in [6, 6.07) is 16.8. The monoisotopic (exact) mass is 361 g/mol. The predicted octanol–water partition coefficient (Wildman–Crippen LogP) is 4.50. The van der Waals surface area contributed by atoms with E-state index in [2.05, 4.69) is 10.4 Å². The van der Waals surface area contributed by atoms with Crippen molar-refractivity contribution in [3.63, 3.8) is 0 Å². The van der Waals surface area contributed by atoms with E-state index < -0.39 is 0 Å². The van der Waals surface area contributed by atoms with E-state index in [1.165, 1.54) is 0 Å². The molecule has 0 saturated carbocycles. The van der Waals surface area contributed by atoms with Crippen molar-refractivity contribution in [1.82, 2.24) is 9.78 Å². The standard InChI is InChI=1S/C21H19N3O3/c1-13-11-14(2)24(23-13)17-9-5-4-8-16(17)22-21(25)19-12-15-7-6-10-18(26-3)20(15)27-19/h4-12H,1-3H3,(H,22,25). The van der Waals surface area contributed by atoms with E-state index in [0.717, 1.165) is 22.5 Å². The number of amides is 1. The first-order valence-electron chi connectivity index (χ1n) is 8.57. The van der Waals surface area contributed by atoms with Gasteiger partial charge in [-0.3, -0.25) is 4.79 Å². The molecule has 0 fully saturated rings. The van der Waals surface area contributed by atoms with Crippen LogP contribution in [0.4, 0.5) is 5.69 Å². The lowest BCUT2D eigenvalue weighted by Crippen LogP contribution is -2.13. The van der Waals surface area contributed by atoms with Crippen molar-refractivity contribution >= 4 is 22.6 Å². The molecule has 0 aliphatic carbocycles. The number of para-hydroxylation sites is 3. The van der Waals surface area contributed by atoms with Crippen LogP contribution in [-0.2, 0) is 0 Å². The summed E-state index contributed by atoms with van der Waals surface area (Å²) in [5.41, 5.74) is 3.91. The number of nitrogens with one attached hydrogen (secondary N) is 1. The zero-order valence-electron chi connectivity index (χ0n) is 15.3. The van der Waals surface area contributed by atoms with Gasteiger partial charge in [0.2, 0.25) is 0 Å². The molecule has 0 spiro atoms. The summed E-state index contributed by atoms with van der Waals surface area (Å²) < 4.78 is 12.8. The van der Waals surface area contributed by atoms with Gasteiger partial charge < -0.3 is 14.5 Å². The molecule has 4 aromatic rings. The number of fused-ring (bicyclic) bond motifs is 1. The Labute approximate surface area is 156 Å². The van der Waals surface area contributed by atoms with Gasteiger partial charge in [-0.15, -0.1) is 0 Å². The van der Waals surface area contributed by atoms with Crippen LogP contribution in [0.1, 0.15) is 21.9 Å². The van der Waals surface area contributed by atoms with Gasteiger partial charge in [0.25, 0.3) is 5.91 Å². The number of hydrogen-bond donors (Lipinski definition) is 1. The second kappa shape index (κ2) is 6.64. The molecule has 0 atom stereocenters. The number of carbonyl (C=O) groups is 1. The van der Waals surface area contributed by atoms with Crippen molar-refractivity contribution in [2.24, 2.45) is 0 Å². The number of benzene rings is 2. The van der Waals surface area contributed by atoms with Crippen molar-refractivity contribution in [3.8, 4) is 11.4 Å². The number of anilines is 1. The van der Waals surface area contributed by atoms with Gasteiger partial charge in [0, 0.05) is 11.1 Å². The number of aromatic nitrogens is 2. The first kappa shape index (κ1) is 16.9. The zero-order chi connectivity index (χ0) is 19.0. The molecule has 2 aromatic heterocycles. The minimum atomic E-state index is -0.331. The number of furan rings is 1. The molecule has 2 aromatic carbocycles. The minimum absolute atomic E-state index is 0.220. The lowest BCUT2D eigenvalue weighted by atomic mass is 10.2. The Bertz CT molecular complexity index is 1140. The second-order valence-corrected chi connectivity index (χ2v) is 6.30. The molecule has 1 N–H and O–H groups in total.